The van der Waals surface area contributed by atoms with Crippen molar-refractivity contribution in [2.45, 2.75) is 12.8 Å². The van der Waals surface area contributed by atoms with E-state index in [0.29, 0.717) is 11.0 Å². The monoisotopic (exact) mass is 320 g/mol. The maximum Gasteiger partial charge on any atom is 0.240 e. The minimum Gasteiger partial charge on any atom is -0.507 e. The predicted octanol–water partition coefficient (Wildman–Crippen LogP) is 3.05. The molecule has 4 rings (SSSR count). The zero-order valence-corrected chi connectivity index (χ0v) is 12.8. The molecule has 5 heteroatoms. The van der Waals surface area contributed by atoms with E-state index in [0.717, 1.165) is 28.7 Å². The molecule has 1 aromatic heterocycles. The van der Waals surface area contributed by atoms with E-state index >= 15 is 0 Å². The molecule has 120 valence electrons. The second-order valence-electron chi connectivity index (χ2n) is 5.75. The number of aromatic hydroxyl groups is 1. The van der Waals surface area contributed by atoms with Crippen LogP contribution in [0.15, 0.2) is 60.9 Å². The van der Waals surface area contributed by atoms with Gasteiger partial charge in [0.1, 0.15) is 5.75 Å². The van der Waals surface area contributed by atoms with Crippen LogP contribution in [-0.2, 0) is 0 Å². The number of benzene rings is 2. The van der Waals surface area contributed by atoms with E-state index < -0.39 is 6.41 Å². The standard InChI is InChI=1S/C19H16N2O3/c22-18-4-2-1-3-15(18)14-6-5-12(9-14)13-7-8-17-16(10-13)20-11-21(17)19(23)24/h1-4,6-11,19,22-24H,5H2. The molecule has 0 saturated carbocycles. The van der Waals surface area contributed by atoms with Crippen LogP contribution in [0.5, 0.6) is 5.75 Å². The number of aliphatic hydroxyl groups is 2. The molecule has 0 radical (unpaired) electrons. The van der Waals surface area contributed by atoms with Crippen LogP contribution in [0.1, 0.15) is 24.0 Å². The molecule has 2 aromatic carbocycles. The van der Waals surface area contributed by atoms with Crippen molar-refractivity contribution in [3.8, 4) is 5.75 Å². The van der Waals surface area contributed by atoms with Crippen molar-refractivity contribution in [1.82, 2.24) is 9.55 Å². The number of phenols is 1. The van der Waals surface area contributed by atoms with Gasteiger partial charge in [-0.25, -0.2) is 4.98 Å². The van der Waals surface area contributed by atoms with Gasteiger partial charge in [-0.1, -0.05) is 36.4 Å². The molecule has 0 fully saturated rings. The van der Waals surface area contributed by atoms with Crippen LogP contribution < -0.4 is 0 Å². The number of aliphatic hydroxyl groups excluding tert-OH is 1. The van der Waals surface area contributed by atoms with E-state index in [1.165, 1.54) is 10.9 Å². The van der Waals surface area contributed by atoms with Crippen LogP contribution in [0.2, 0.25) is 0 Å². The third-order valence-corrected chi connectivity index (χ3v) is 4.28. The number of phenolic OH excluding ortho intramolecular Hbond substituents is 1. The van der Waals surface area contributed by atoms with Crippen molar-refractivity contribution < 1.29 is 15.3 Å². The van der Waals surface area contributed by atoms with Gasteiger partial charge in [0.2, 0.25) is 6.41 Å². The van der Waals surface area contributed by atoms with Crippen LogP contribution in [-0.4, -0.2) is 24.9 Å². The van der Waals surface area contributed by atoms with Gasteiger partial charge >= 0.3 is 0 Å². The molecule has 24 heavy (non-hydrogen) atoms. The maximum atomic E-state index is 9.99. The highest BCUT2D eigenvalue weighted by Crippen LogP contribution is 2.36. The molecule has 0 atom stereocenters. The van der Waals surface area contributed by atoms with Crippen LogP contribution in [0.3, 0.4) is 0 Å². The normalized spacial score (nSPS) is 14.3. The first kappa shape index (κ1) is 14.7. The van der Waals surface area contributed by atoms with Crippen molar-refractivity contribution in [2.75, 3.05) is 0 Å². The van der Waals surface area contributed by atoms with Crippen molar-refractivity contribution in [3.05, 3.63) is 72.1 Å². The summed E-state index contributed by atoms with van der Waals surface area (Å²) in [6.45, 7) is 0. The summed E-state index contributed by atoms with van der Waals surface area (Å²) < 4.78 is 1.30. The lowest BCUT2D eigenvalue weighted by Crippen LogP contribution is -2.04. The van der Waals surface area contributed by atoms with Crippen molar-refractivity contribution >= 4 is 22.2 Å². The first-order valence-corrected chi connectivity index (χ1v) is 7.66. The topological polar surface area (TPSA) is 78.5 Å². The maximum absolute atomic E-state index is 9.99. The summed E-state index contributed by atoms with van der Waals surface area (Å²) in [4.78, 5) is 4.22. The molecular formula is C19H16N2O3. The zero-order valence-electron chi connectivity index (χ0n) is 12.8. The summed E-state index contributed by atoms with van der Waals surface area (Å²) >= 11 is 0. The Morgan fingerprint density at radius 1 is 1.08 bits per heavy atom. The fourth-order valence-electron chi connectivity index (χ4n) is 3.05. The van der Waals surface area contributed by atoms with Gasteiger partial charge in [-0.2, -0.15) is 0 Å². The lowest BCUT2D eigenvalue weighted by Gasteiger charge is -2.07. The van der Waals surface area contributed by atoms with E-state index in [4.69, 9.17) is 0 Å². The summed E-state index contributed by atoms with van der Waals surface area (Å²) in [6.07, 6.45) is 4.74. The minimum atomic E-state index is -1.60. The fourth-order valence-corrected chi connectivity index (χ4v) is 3.05. The predicted molar refractivity (Wildman–Crippen MR) is 91.9 cm³/mol. The Balaban J connectivity index is 1.69. The lowest BCUT2D eigenvalue weighted by molar-refractivity contribution is -0.0990. The first-order valence-electron chi connectivity index (χ1n) is 7.66. The molecule has 0 amide bonds. The number of nitrogens with zero attached hydrogens (tertiary/aromatic N) is 2. The van der Waals surface area contributed by atoms with E-state index in [1.54, 1.807) is 12.1 Å². The number of aromatic nitrogens is 2. The Labute approximate surface area is 138 Å². The second kappa shape index (κ2) is 5.63. The van der Waals surface area contributed by atoms with E-state index in [9.17, 15) is 15.3 Å². The molecule has 0 saturated heterocycles. The molecule has 1 aliphatic carbocycles. The molecule has 0 aliphatic heterocycles. The second-order valence-corrected chi connectivity index (χ2v) is 5.75. The highest BCUT2D eigenvalue weighted by Gasteiger charge is 2.14. The van der Waals surface area contributed by atoms with Crippen LogP contribution in [0, 0.1) is 0 Å². The van der Waals surface area contributed by atoms with E-state index in [1.807, 2.05) is 30.3 Å². The van der Waals surface area contributed by atoms with Crippen molar-refractivity contribution in [2.24, 2.45) is 0 Å². The Bertz CT molecular complexity index is 983. The Hall–Kier alpha value is -2.89. The Morgan fingerprint density at radius 2 is 1.92 bits per heavy atom. The summed E-state index contributed by atoms with van der Waals surface area (Å²) in [5, 5.41) is 28.6. The molecule has 1 heterocycles. The highest BCUT2D eigenvalue weighted by atomic mass is 16.5. The van der Waals surface area contributed by atoms with Crippen LogP contribution >= 0.6 is 0 Å². The lowest BCUT2D eigenvalue weighted by atomic mass is 10.0. The van der Waals surface area contributed by atoms with E-state index in [-0.39, 0.29) is 5.75 Å². The Morgan fingerprint density at radius 3 is 2.71 bits per heavy atom. The van der Waals surface area contributed by atoms with Crippen LogP contribution in [0.25, 0.3) is 22.2 Å². The number of allylic oxidation sites excluding steroid dienone is 4. The average molecular weight is 320 g/mol. The van der Waals surface area contributed by atoms with Gasteiger partial charge in [-0.3, -0.25) is 4.57 Å². The third kappa shape index (κ3) is 2.40. The number of rotatable bonds is 3. The Kier molecular flexibility index (Phi) is 3.45. The summed E-state index contributed by atoms with van der Waals surface area (Å²) in [5.74, 6) is 0.271. The zero-order chi connectivity index (χ0) is 16.7. The summed E-state index contributed by atoms with van der Waals surface area (Å²) in [6, 6.07) is 13.0. The summed E-state index contributed by atoms with van der Waals surface area (Å²) in [5.41, 5.74) is 5.36. The number of hydrogen-bond donors (Lipinski definition) is 3. The highest BCUT2D eigenvalue weighted by molar-refractivity contribution is 5.92. The number of para-hydroxylation sites is 1. The fraction of sp³-hybridized carbons (Fsp3) is 0.105. The van der Waals surface area contributed by atoms with Crippen LogP contribution in [0.4, 0.5) is 0 Å². The third-order valence-electron chi connectivity index (χ3n) is 4.28. The summed E-state index contributed by atoms with van der Waals surface area (Å²) in [7, 11) is 0. The van der Waals surface area contributed by atoms with Gasteiger partial charge in [0, 0.05) is 5.56 Å². The van der Waals surface area contributed by atoms with Gasteiger partial charge in [-0.15, -0.1) is 0 Å². The molecule has 3 N–H and O–H groups in total. The van der Waals surface area contributed by atoms with Gasteiger partial charge in [0.15, 0.2) is 0 Å². The molecule has 0 unspecified atom stereocenters. The van der Waals surface area contributed by atoms with Gasteiger partial charge in [0.25, 0.3) is 0 Å². The quantitative estimate of drug-likeness (QED) is 0.648. The largest absolute Gasteiger partial charge is 0.507 e. The average Bonchev–Trinajstić information content (AvgIpc) is 3.21. The van der Waals surface area contributed by atoms with E-state index in [2.05, 4.69) is 17.1 Å². The molecule has 5 nitrogen and oxygen atoms in total. The minimum absolute atomic E-state index is 0.271. The SMILES string of the molecule is Oc1ccccc1C1=CCC(c2ccc3c(c2)ncn3C(O)O)=C1. The molecule has 0 spiro atoms. The molecule has 0 bridgehead atoms. The van der Waals surface area contributed by atoms with Gasteiger partial charge in [-0.05, 0) is 41.3 Å². The smallest absolute Gasteiger partial charge is 0.240 e. The van der Waals surface area contributed by atoms with Gasteiger partial charge < -0.3 is 15.3 Å². The number of fused-ring (bicyclic) bond motifs is 1. The van der Waals surface area contributed by atoms with Crippen molar-refractivity contribution in [3.63, 3.8) is 0 Å². The first-order chi connectivity index (χ1) is 11.6. The van der Waals surface area contributed by atoms with Gasteiger partial charge in [0.05, 0.1) is 17.4 Å². The number of hydrogen-bond acceptors (Lipinski definition) is 4. The molecule has 3 aromatic rings. The number of imidazole rings is 1. The van der Waals surface area contributed by atoms with Crippen molar-refractivity contribution in [1.29, 1.82) is 0 Å². The molecule has 1 aliphatic rings. The molecular weight excluding hydrogens is 304 g/mol.